The maximum atomic E-state index is 6.21. The molecule has 1 fully saturated rings. The Balaban J connectivity index is 1.67. The summed E-state index contributed by atoms with van der Waals surface area (Å²) in [6, 6.07) is 11.4. The van der Waals surface area contributed by atoms with Crippen LogP contribution in [0.15, 0.2) is 36.4 Å². The van der Waals surface area contributed by atoms with Crippen molar-refractivity contribution in [2.45, 2.75) is 25.8 Å². The van der Waals surface area contributed by atoms with E-state index < -0.39 is 0 Å². The van der Waals surface area contributed by atoms with Gasteiger partial charge in [-0.1, -0.05) is 41.7 Å². The first kappa shape index (κ1) is 20.5. The molecule has 1 unspecified atom stereocenters. The van der Waals surface area contributed by atoms with Crippen molar-refractivity contribution in [1.29, 1.82) is 0 Å². The van der Waals surface area contributed by atoms with Crippen molar-refractivity contribution in [1.82, 2.24) is 14.9 Å². The van der Waals surface area contributed by atoms with Gasteiger partial charge in [0, 0.05) is 28.7 Å². The molecule has 1 saturated heterocycles. The topological polar surface area (TPSA) is 53.1 Å². The van der Waals surface area contributed by atoms with Crippen molar-refractivity contribution < 1.29 is 0 Å². The van der Waals surface area contributed by atoms with Crippen LogP contribution in [0.5, 0.6) is 0 Å². The molecule has 8 heteroatoms. The van der Waals surface area contributed by atoms with Crippen LogP contribution in [0.4, 0.5) is 17.5 Å². The van der Waals surface area contributed by atoms with E-state index in [4.69, 9.17) is 39.8 Å². The average molecular weight is 451 g/mol. The molecule has 0 spiro atoms. The number of benzene rings is 2. The van der Waals surface area contributed by atoms with E-state index in [1.54, 1.807) is 12.1 Å². The van der Waals surface area contributed by atoms with Gasteiger partial charge in [0.25, 0.3) is 0 Å². The number of piperidine rings is 1. The molecule has 2 aromatic carbocycles. The van der Waals surface area contributed by atoms with Gasteiger partial charge in [-0.25, -0.2) is 4.98 Å². The quantitative estimate of drug-likeness (QED) is 0.482. The molecule has 0 saturated carbocycles. The van der Waals surface area contributed by atoms with Gasteiger partial charge in [0.2, 0.25) is 5.95 Å². The summed E-state index contributed by atoms with van der Waals surface area (Å²) in [7, 11) is 0. The highest BCUT2D eigenvalue weighted by Gasteiger charge is 2.20. The van der Waals surface area contributed by atoms with Gasteiger partial charge in [0.05, 0.1) is 15.6 Å². The number of likely N-dealkylation sites (tertiary alicyclic amines) is 1. The Bertz CT molecular complexity index is 1030. The Morgan fingerprint density at radius 2 is 1.93 bits per heavy atom. The number of likely N-dealkylation sites (N-methyl/N-ethyl adjacent to an activating group) is 1. The van der Waals surface area contributed by atoms with Crippen LogP contribution in [0.1, 0.15) is 19.8 Å². The number of anilines is 3. The second kappa shape index (κ2) is 8.92. The van der Waals surface area contributed by atoms with Gasteiger partial charge in [-0.3, -0.25) is 0 Å². The summed E-state index contributed by atoms with van der Waals surface area (Å²) in [4.78, 5) is 11.8. The fraction of sp³-hybridized carbons (Fsp3) is 0.333. The normalized spacial score (nSPS) is 17.4. The predicted octanol–water partition coefficient (Wildman–Crippen LogP) is 6.23. The molecule has 0 radical (unpaired) electrons. The lowest BCUT2D eigenvalue weighted by atomic mass is 10.1. The maximum Gasteiger partial charge on any atom is 0.229 e. The highest BCUT2D eigenvalue weighted by molar-refractivity contribution is 6.42. The van der Waals surface area contributed by atoms with E-state index in [0.717, 1.165) is 48.5 Å². The molecule has 29 heavy (non-hydrogen) atoms. The smallest absolute Gasteiger partial charge is 0.229 e. The van der Waals surface area contributed by atoms with Gasteiger partial charge in [-0.05, 0) is 62.3 Å². The van der Waals surface area contributed by atoms with E-state index in [2.05, 4.69) is 27.4 Å². The number of halogens is 3. The van der Waals surface area contributed by atoms with Gasteiger partial charge < -0.3 is 15.5 Å². The maximum absolute atomic E-state index is 6.21. The van der Waals surface area contributed by atoms with Crippen molar-refractivity contribution >= 4 is 63.2 Å². The van der Waals surface area contributed by atoms with Gasteiger partial charge in [0.15, 0.2) is 0 Å². The number of nitrogens with zero attached hydrogens (tertiary/aromatic N) is 3. The van der Waals surface area contributed by atoms with E-state index in [1.165, 1.54) is 6.42 Å². The van der Waals surface area contributed by atoms with Crippen LogP contribution >= 0.6 is 34.8 Å². The highest BCUT2D eigenvalue weighted by Crippen LogP contribution is 2.30. The number of hydrogen-bond donors (Lipinski definition) is 2. The minimum absolute atomic E-state index is 0.343. The molecule has 0 aliphatic carbocycles. The van der Waals surface area contributed by atoms with Gasteiger partial charge in [-0.2, -0.15) is 4.98 Å². The highest BCUT2D eigenvalue weighted by atomic mass is 35.5. The number of nitrogens with one attached hydrogen (secondary N) is 2. The van der Waals surface area contributed by atoms with Crippen LogP contribution < -0.4 is 10.6 Å². The largest absolute Gasteiger partial charge is 0.365 e. The average Bonchev–Trinajstić information content (AvgIpc) is 2.70. The molecule has 1 aliphatic rings. The van der Waals surface area contributed by atoms with Crippen molar-refractivity contribution in [3.05, 3.63) is 51.5 Å². The molecule has 3 aromatic rings. The van der Waals surface area contributed by atoms with E-state index in [9.17, 15) is 0 Å². The monoisotopic (exact) mass is 449 g/mol. The van der Waals surface area contributed by atoms with E-state index in [0.29, 0.717) is 27.1 Å². The second-order valence-electron chi connectivity index (χ2n) is 7.19. The Morgan fingerprint density at radius 1 is 1.07 bits per heavy atom. The minimum Gasteiger partial charge on any atom is -0.365 e. The van der Waals surface area contributed by atoms with Gasteiger partial charge in [-0.15, -0.1) is 0 Å². The number of aromatic nitrogens is 2. The fourth-order valence-corrected chi connectivity index (χ4v) is 4.09. The molecule has 0 bridgehead atoms. The molecule has 1 aromatic heterocycles. The van der Waals surface area contributed by atoms with Crippen LogP contribution in [-0.2, 0) is 0 Å². The Morgan fingerprint density at radius 3 is 2.72 bits per heavy atom. The summed E-state index contributed by atoms with van der Waals surface area (Å²) in [5.74, 6) is 1.28. The zero-order valence-corrected chi connectivity index (χ0v) is 18.3. The molecule has 152 valence electrons. The van der Waals surface area contributed by atoms with E-state index >= 15 is 0 Å². The first-order chi connectivity index (χ1) is 14.0. The molecular weight excluding hydrogens is 429 g/mol. The third-order valence-corrected chi connectivity index (χ3v) is 6.10. The second-order valence-corrected chi connectivity index (χ2v) is 8.44. The Labute approximate surface area is 185 Å². The SMILES string of the molecule is CCN1CCCC(Nc2nc(Nc3ccc(Cl)c(Cl)c3)nc3cc(Cl)ccc23)C1. The lowest BCUT2D eigenvalue weighted by Crippen LogP contribution is -2.42. The molecule has 2 heterocycles. The summed E-state index contributed by atoms with van der Waals surface area (Å²) in [5.41, 5.74) is 1.54. The number of fused-ring (bicyclic) bond motifs is 1. The van der Waals surface area contributed by atoms with Crippen molar-refractivity contribution in [3.63, 3.8) is 0 Å². The summed E-state index contributed by atoms with van der Waals surface area (Å²) >= 11 is 18.4. The first-order valence-corrected chi connectivity index (χ1v) is 10.8. The number of hydrogen-bond acceptors (Lipinski definition) is 5. The third kappa shape index (κ3) is 4.86. The van der Waals surface area contributed by atoms with E-state index in [-0.39, 0.29) is 0 Å². The van der Waals surface area contributed by atoms with Crippen LogP contribution in [-0.4, -0.2) is 40.5 Å². The van der Waals surface area contributed by atoms with Gasteiger partial charge in [0.1, 0.15) is 5.82 Å². The zero-order chi connectivity index (χ0) is 20.4. The van der Waals surface area contributed by atoms with E-state index in [1.807, 2.05) is 24.3 Å². The molecule has 4 rings (SSSR count). The Hall–Kier alpha value is -1.79. The summed E-state index contributed by atoms with van der Waals surface area (Å²) in [6.07, 6.45) is 2.29. The molecular formula is C21H22Cl3N5. The molecule has 2 N–H and O–H groups in total. The number of rotatable bonds is 5. The third-order valence-electron chi connectivity index (χ3n) is 5.13. The standard InChI is InChI=1S/C21H22Cl3N5/c1-2-29-9-3-4-15(12-29)25-20-16-7-5-13(22)10-19(16)27-21(28-20)26-14-6-8-17(23)18(24)11-14/h5-8,10-11,15H,2-4,9,12H2,1H3,(H2,25,26,27,28). The lowest BCUT2D eigenvalue weighted by molar-refractivity contribution is 0.226. The molecule has 0 amide bonds. The predicted molar refractivity (Wildman–Crippen MR) is 123 cm³/mol. The van der Waals surface area contributed by atoms with Crippen LogP contribution in [0.25, 0.3) is 10.9 Å². The Kier molecular flexibility index (Phi) is 6.30. The fourth-order valence-electron chi connectivity index (χ4n) is 3.63. The first-order valence-electron chi connectivity index (χ1n) is 9.70. The zero-order valence-electron chi connectivity index (χ0n) is 16.1. The van der Waals surface area contributed by atoms with Crippen LogP contribution in [0, 0.1) is 0 Å². The minimum atomic E-state index is 0.343. The van der Waals surface area contributed by atoms with Gasteiger partial charge >= 0.3 is 0 Å². The summed E-state index contributed by atoms with van der Waals surface area (Å²) in [6.45, 7) is 5.41. The summed E-state index contributed by atoms with van der Waals surface area (Å²) < 4.78 is 0. The lowest BCUT2D eigenvalue weighted by Gasteiger charge is -2.32. The molecule has 5 nitrogen and oxygen atoms in total. The summed E-state index contributed by atoms with van der Waals surface area (Å²) in [5, 5.41) is 9.41. The molecule has 1 aliphatic heterocycles. The van der Waals surface area contributed by atoms with Crippen LogP contribution in [0.3, 0.4) is 0 Å². The van der Waals surface area contributed by atoms with Crippen LogP contribution in [0.2, 0.25) is 15.1 Å². The van der Waals surface area contributed by atoms with Crippen molar-refractivity contribution in [3.8, 4) is 0 Å². The van der Waals surface area contributed by atoms with Crippen molar-refractivity contribution in [2.75, 3.05) is 30.3 Å². The molecule has 1 atom stereocenters. The van der Waals surface area contributed by atoms with Crippen molar-refractivity contribution in [2.24, 2.45) is 0 Å².